The minimum atomic E-state index is 0.537. The molecule has 1 heterocycles. The van der Waals surface area contributed by atoms with Gasteiger partial charge in [-0.2, -0.15) is 0 Å². The van der Waals surface area contributed by atoms with Crippen LogP contribution < -0.4 is 19.5 Å². The second-order valence-electron chi connectivity index (χ2n) is 5.71. The highest BCUT2D eigenvalue weighted by Crippen LogP contribution is 2.40. The first-order chi connectivity index (χ1) is 13.7. The first kappa shape index (κ1) is 20.8. The number of rotatable bonds is 9. The van der Waals surface area contributed by atoms with Gasteiger partial charge in [-0.15, -0.1) is 11.3 Å². The molecule has 28 heavy (non-hydrogen) atoms. The van der Waals surface area contributed by atoms with E-state index in [4.69, 9.17) is 25.8 Å². The van der Waals surface area contributed by atoms with Gasteiger partial charge in [0.25, 0.3) is 0 Å². The zero-order chi connectivity index (χ0) is 19.9. The van der Waals surface area contributed by atoms with Crippen molar-refractivity contribution in [1.29, 1.82) is 0 Å². The summed E-state index contributed by atoms with van der Waals surface area (Å²) in [7, 11) is 4.82. The molecule has 0 aliphatic carbocycles. The molecule has 0 spiro atoms. The molecule has 0 aliphatic rings. The normalized spacial score (nSPS) is 10.7. The molecule has 8 heteroatoms. The summed E-state index contributed by atoms with van der Waals surface area (Å²) in [6.45, 7) is 1.21. The Morgan fingerprint density at radius 1 is 0.964 bits per heavy atom. The van der Waals surface area contributed by atoms with E-state index in [1.807, 2.05) is 30.3 Å². The summed E-state index contributed by atoms with van der Waals surface area (Å²) < 4.78 is 17.2. The number of halogens is 1. The Morgan fingerprint density at radius 3 is 2.39 bits per heavy atom. The van der Waals surface area contributed by atoms with Gasteiger partial charge in [0, 0.05) is 23.5 Å². The largest absolute Gasteiger partial charge is 0.493 e. The van der Waals surface area contributed by atoms with E-state index in [0.29, 0.717) is 35.5 Å². The molecule has 0 unspecified atom stereocenters. The molecule has 0 amide bonds. The maximum atomic E-state index is 6.32. The van der Waals surface area contributed by atoms with Gasteiger partial charge >= 0.3 is 0 Å². The third-order valence-corrected chi connectivity index (χ3v) is 6.51. The highest BCUT2D eigenvalue weighted by atomic mass is 35.5. The van der Waals surface area contributed by atoms with Crippen molar-refractivity contribution >= 4 is 34.7 Å². The predicted octanol–water partition coefficient (Wildman–Crippen LogP) is 5.26. The zero-order valence-electron chi connectivity index (χ0n) is 15.8. The molecule has 0 aliphatic heterocycles. The second-order valence-corrected chi connectivity index (χ2v) is 8.47. The summed E-state index contributed by atoms with van der Waals surface area (Å²) in [5.41, 5.74) is 0.972. The van der Waals surface area contributed by atoms with Crippen molar-refractivity contribution in [3.8, 4) is 17.2 Å². The highest BCUT2D eigenvalue weighted by Gasteiger charge is 2.16. The summed E-state index contributed by atoms with van der Waals surface area (Å²) >= 11 is 9.53. The van der Waals surface area contributed by atoms with Gasteiger partial charge < -0.3 is 19.5 Å². The van der Waals surface area contributed by atoms with Gasteiger partial charge in [-0.25, -0.2) is 4.98 Å². The molecule has 0 saturated carbocycles. The van der Waals surface area contributed by atoms with Crippen LogP contribution in [0.2, 0.25) is 5.15 Å². The Bertz CT molecular complexity index is 919. The van der Waals surface area contributed by atoms with E-state index in [1.54, 1.807) is 44.4 Å². The van der Waals surface area contributed by atoms with E-state index < -0.39 is 0 Å². The fraction of sp³-hybridized carbons (Fsp3) is 0.250. The van der Waals surface area contributed by atoms with Crippen LogP contribution in [0.5, 0.6) is 17.2 Å². The van der Waals surface area contributed by atoms with Gasteiger partial charge in [0.15, 0.2) is 15.8 Å². The van der Waals surface area contributed by atoms with Crippen molar-refractivity contribution < 1.29 is 14.2 Å². The summed E-state index contributed by atoms with van der Waals surface area (Å²) in [4.78, 5) is 6.60. The van der Waals surface area contributed by atoms with E-state index in [-0.39, 0.29) is 0 Å². The first-order valence-electron chi connectivity index (χ1n) is 8.53. The zero-order valence-corrected chi connectivity index (χ0v) is 18.2. The Labute approximate surface area is 178 Å². The topological polar surface area (TPSA) is 52.6 Å². The molecule has 3 aromatic rings. The smallest absolute Gasteiger partial charge is 0.203 e. The number of nitrogens with zero attached hydrogens (tertiary/aromatic N) is 1. The number of aromatic nitrogens is 1. The predicted molar refractivity (Wildman–Crippen MR) is 114 cm³/mol. The van der Waals surface area contributed by atoms with Crippen molar-refractivity contribution in [1.82, 2.24) is 10.3 Å². The van der Waals surface area contributed by atoms with Crippen LogP contribution in [0.3, 0.4) is 0 Å². The van der Waals surface area contributed by atoms with Crippen LogP contribution >= 0.6 is 34.7 Å². The van der Waals surface area contributed by atoms with Crippen LogP contribution in [0.4, 0.5) is 0 Å². The van der Waals surface area contributed by atoms with E-state index in [2.05, 4.69) is 22.4 Å². The van der Waals surface area contributed by atoms with Gasteiger partial charge in [0.1, 0.15) is 5.15 Å². The molecular formula is C20H21ClN2O3S2. The van der Waals surface area contributed by atoms with Crippen LogP contribution in [-0.4, -0.2) is 26.3 Å². The molecule has 1 aromatic heterocycles. The molecule has 0 bridgehead atoms. The van der Waals surface area contributed by atoms with Gasteiger partial charge in [0.05, 0.1) is 26.2 Å². The van der Waals surface area contributed by atoms with E-state index in [0.717, 1.165) is 19.7 Å². The number of ether oxygens (including phenoxy) is 3. The lowest BCUT2D eigenvalue weighted by Gasteiger charge is -2.16. The molecule has 2 aromatic carbocycles. The number of hydrogen-bond acceptors (Lipinski definition) is 7. The van der Waals surface area contributed by atoms with Crippen LogP contribution in [0.25, 0.3) is 0 Å². The Morgan fingerprint density at radius 2 is 1.71 bits per heavy atom. The number of hydrogen-bond donors (Lipinski definition) is 1. The molecule has 0 radical (unpaired) electrons. The van der Waals surface area contributed by atoms with Gasteiger partial charge in [-0.1, -0.05) is 47.6 Å². The first-order valence-corrected chi connectivity index (χ1v) is 10.5. The summed E-state index contributed by atoms with van der Waals surface area (Å²) in [6.07, 6.45) is 0. The standard InChI is InChI=1S/C20H21ClN2O3S2/c1-24-15-10-9-13(17(25-2)18(15)26-3)11-22-12-16-19(21)23-20(28-16)27-14-7-5-4-6-8-14/h4-10,22H,11-12H2,1-3H3. The van der Waals surface area contributed by atoms with E-state index in [9.17, 15) is 0 Å². The molecular weight excluding hydrogens is 416 g/mol. The monoisotopic (exact) mass is 436 g/mol. The highest BCUT2D eigenvalue weighted by molar-refractivity contribution is 8.01. The number of benzene rings is 2. The quantitative estimate of drug-likeness (QED) is 0.493. The average molecular weight is 437 g/mol. The van der Waals surface area contributed by atoms with Gasteiger partial charge in [-0.05, 0) is 18.2 Å². The van der Waals surface area contributed by atoms with Gasteiger partial charge in [-0.3, -0.25) is 0 Å². The maximum absolute atomic E-state index is 6.32. The van der Waals surface area contributed by atoms with Crippen LogP contribution in [0, 0.1) is 0 Å². The molecule has 5 nitrogen and oxygen atoms in total. The third-order valence-electron chi connectivity index (χ3n) is 3.97. The van der Waals surface area contributed by atoms with Crippen molar-refractivity contribution in [3.05, 3.63) is 58.1 Å². The Hall–Kier alpha value is -1.93. The second kappa shape index (κ2) is 10.0. The summed E-state index contributed by atoms with van der Waals surface area (Å²) in [5.74, 6) is 1.88. The maximum Gasteiger partial charge on any atom is 0.203 e. The van der Waals surface area contributed by atoms with E-state index >= 15 is 0 Å². The summed E-state index contributed by atoms with van der Waals surface area (Å²) in [5, 5.41) is 3.94. The molecule has 0 fully saturated rings. The lowest BCUT2D eigenvalue weighted by Crippen LogP contribution is -2.13. The van der Waals surface area contributed by atoms with Gasteiger partial charge in [0.2, 0.25) is 5.75 Å². The molecule has 3 rings (SSSR count). The van der Waals surface area contributed by atoms with E-state index in [1.165, 1.54) is 0 Å². The van der Waals surface area contributed by atoms with Crippen LogP contribution in [-0.2, 0) is 13.1 Å². The van der Waals surface area contributed by atoms with Crippen LogP contribution in [0.1, 0.15) is 10.4 Å². The average Bonchev–Trinajstić information content (AvgIpc) is 3.06. The molecule has 148 valence electrons. The Kier molecular flexibility index (Phi) is 7.44. The minimum absolute atomic E-state index is 0.537. The molecule has 0 atom stereocenters. The Balaban J connectivity index is 1.65. The number of nitrogens with one attached hydrogen (secondary N) is 1. The van der Waals surface area contributed by atoms with Crippen molar-refractivity contribution in [2.45, 2.75) is 22.3 Å². The molecule has 1 N–H and O–H groups in total. The number of thiazole rings is 1. The fourth-order valence-electron chi connectivity index (χ4n) is 2.67. The third kappa shape index (κ3) is 4.91. The van der Waals surface area contributed by atoms with Crippen LogP contribution in [0.15, 0.2) is 51.7 Å². The van der Waals surface area contributed by atoms with Crippen molar-refractivity contribution in [3.63, 3.8) is 0 Å². The van der Waals surface area contributed by atoms with Crippen molar-refractivity contribution in [2.24, 2.45) is 0 Å². The number of methoxy groups -OCH3 is 3. The lowest BCUT2D eigenvalue weighted by molar-refractivity contribution is 0.321. The SMILES string of the molecule is COc1ccc(CNCc2sc(Sc3ccccc3)nc2Cl)c(OC)c1OC. The molecule has 0 saturated heterocycles. The van der Waals surface area contributed by atoms with Crippen molar-refractivity contribution in [2.75, 3.05) is 21.3 Å². The summed E-state index contributed by atoms with van der Waals surface area (Å²) in [6, 6.07) is 14.0. The fourth-order valence-corrected chi connectivity index (χ4v) is 5.08. The minimum Gasteiger partial charge on any atom is -0.493 e. The lowest BCUT2D eigenvalue weighted by atomic mass is 10.1.